The van der Waals surface area contributed by atoms with Crippen molar-refractivity contribution in [3.63, 3.8) is 0 Å². The fraction of sp³-hybridized carbons (Fsp3) is 0.391. The molecule has 0 bridgehead atoms. The van der Waals surface area contributed by atoms with Crippen LogP contribution in [0.15, 0.2) is 47.4 Å². The van der Waals surface area contributed by atoms with Gasteiger partial charge in [0.1, 0.15) is 6.04 Å². The number of benzene rings is 2. The Kier molecular flexibility index (Phi) is 7.59. The van der Waals surface area contributed by atoms with Crippen molar-refractivity contribution in [2.24, 2.45) is 5.92 Å². The molecule has 3 rings (SSSR count). The smallest absolute Gasteiger partial charge is 0.241 e. The lowest BCUT2D eigenvalue weighted by molar-refractivity contribution is -0.123. The van der Waals surface area contributed by atoms with E-state index in [0.717, 1.165) is 16.8 Å². The van der Waals surface area contributed by atoms with Crippen molar-refractivity contribution in [2.75, 3.05) is 11.4 Å². The molecule has 0 radical (unpaired) electrons. The van der Waals surface area contributed by atoms with E-state index in [-0.39, 0.29) is 29.2 Å². The van der Waals surface area contributed by atoms with Crippen molar-refractivity contribution < 1.29 is 18.0 Å². The quantitative estimate of drug-likeness (QED) is 0.610. The second-order valence-electron chi connectivity index (χ2n) is 8.36. The molecule has 172 valence electrons. The summed E-state index contributed by atoms with van der Waals surface area (Å²) < 4.78 is 28.7. The summed E-state index contributed by atoms with van der Waals surface area (Å²) in [5, 5.41) is 3.41. The SMILES string of the molecule is CC(=O)N1CCc2cc(S(=O)(=O)N[C@H](CC(C)C)C(=O)NCc3ccc(Cl)cc3)ccc21. The van der Waals surface area contributed by atoms with Crippen molar-refractivity contribution in [1.82, 2.24) is 10.0 Å². The molecular formula is C23H28ClN3O4S. The van der Waals surface area contributed by atoms with Gasteiger partial charge >= 0.3 is 0 Å². The van der Waals surface area contributed by atoms with Gasteiger partial charge in [-0.25, -0.2) is 8.42 Å². The van der Waals surface area contributed by atoms with Crippen LogP contribution < -0.4 is 14.9 Å². The van der Waals surface area contributed by atoms with Crippen molar-refractivity contribution in [1.29, 1.82) is 0 Å². The number of carbonyl (C=O) groups excluding carboxylic acids is 2. The number of hydrogen-bond donors (Lipinski definition) is 2. The maximum Gasteiger partial charge on any atom is 0.241 e. The number of sulfonamides is 1. The predicted molar refractivity (Wildman–Crippen MR) is 125 cm³/mol. The molecule has 0 unspecified atom stereocenters. The summed E-state index contributed by atoms with van der Waals surface area (Å²) in [4.78, 5) is 26.3. The molecule has 0 aromatic heterocycles. The third-order valence-electron chi connectivity index (χ3n) is 5.34. The molecule has 2 amide bonds. The molecule has 0 aliphatic carbocycles. The summed E-state index contributed by atoms with van der Waals surface area (Å²) in [5.74, 6) is -0.360. The summed E-state index contributed by atoms with van der Waals surface area (Å²) in [6, 6.07) is 10.9. The van der Waals surface area contributed by atoms with E-state index in [9.17, 15) is 18.0 Å². The highest BCUT2D eigenvalue weighted by Gasteiger charge is 2.29. The Hall–Kier alpha value is -2.42. The molecular weight excluding hydrogens is 450 g/mol. The van der Waals surface area contributed by atoms with E-state index in [1.165, 1.54) is 13.0 Å². The Morgan fingerprint density at radius 1 is 1.12 bits per heavy atom. The molecule has 2 N–H and O–H groups in total. The van der Waals surface area contributed by atoms with Gasteiger partial charge in [-0.1, -0.05) is 37.6 Å². The topological polar surface area (TPSA) is 95.6 Å². The summed E-state index contributed by atoms with van der Waals surface area (Å²) in [7, 11) is -3.93. The van der Waals surface area contributed by atoms with Crippen LogP contribution in [-0.4, -0.2) is 32.8 Å². The number of anilines is 1. The molecule has 0 saturated heterocycles. The average Bonchev–Trinajstić information content (AvgIpc) is 3.16. The third kappa shape index (κ3) is 5.88. The van der Waals surface area contributed by atoms with Crippen LogP contribution in [0.5, 0.6) is 0 Å². The second kappa shape index (κ2) is 10.0. The van der Waals surface area contributed by atoms with Crippen molar-refractivity contribution >= 4 is 39.1 Å². The van der Waals surface area contributed by atoms with E-state index >= 15 is 0 Å². The van der Waals surface area contributed by atoms with Crippen molar-refractivity contribution in [3.8, 4) is 0 Å². The first-order valence-corrected chi connectivity index (χ1v) is 12.4. The lowest BCUT2D eigenvalue weighted by atomic mass is 10.0. The zero-order valence-electron chi connectivity index (χ0n) is 18.4. The predicted octanol–water partition coefficient (Wildman–Crippen LogP) is 3.26. The molecule has 7 nitrogen and oxygen atoms in total. The number of nitrogens with one attached hydrogen (secondary N) is 2. The van der Waals surface area contributed by atoms with Gasteiger partial charge < -0.3 is 10.2 Å². The van der Waals surface area contributed by atoms with Gasteiger partial charge in [0, 0.05) is 30.7 Å². The van der Waals surface area contributed by atoms with Gasteiger partial charge in [0.2, 0.25) is 21.8 Å². The number of fused-ring (bicyclic) bond motifs is 1. The molecule has 0 fully saturated rings. The summed E-state index contributed by atoms with van der Waals surface area (Å²) in [6.07, 6.45) is 0.948. The molecule has 32 heavy (non-hydrogen) atoms. The number of halogens is 1. The van der Waals surface area contributed by atoms with Crippen LogP contribution in [-0.2, 0) is 32.6 Å². The minimum atomic E-state index is -3.93. The first-order valence-electron chi connectivity index (χ1n) is 10.5. The minimum Gasteiger partial charge on any atom is -0.351 e. The number of nitrogens with zero attached hydrogens (tertiary/aromatic N) is 1. The van der Waals surface area contributed by atoms with Gasteiger partial charge in [-0.3, -0.25) is 9.59 Å². The molecule has 2 aromatic rings. The van der Waals surface area contributed by atoms with Gasteiger partial charge in [-0.15, -0.1) is 0 Å². The molecule has 1 aliphatic rings. The Morgan fingerprint density at radius 3 is 2.44 bits per heavy atom. The van der Waals surface area contributed by atoms with Gasteiger partial charge in [0.15, 0.2) is 0 Å². The molecule has 0 saturated carbocycles. The number of hydrogen-bond acceptors (Lipinski definition) is 4. The average molecular weight is 478 g/mol. The van der Waals surface area contributed by atoms with Crippen LogP contribution in [0.1, 0.15) is 38.3 Å². The molecule has 1 atom stereocenters. The maximum atomic E-state index is 13.1. The standard InChI is InChI=1S/C23H28ClN3O4S/c1-15(2)12-21(23(29)25-14-17-4-6-19(24)7-5-17)26-32(30,31)20-8-9-22-18(13-20)10-11-27(22)16(3)28/h4-9,13,15,21,26H,10-12,14H2,1-3H3,(H,25,29)/t21-/m1/s1. The number of carbonyl (C=O) groups is 2. The van der Waals surface area contributed by atoms with Crippen LogP contribution in [0.3, 0.4) is 0 Å². The van der Waals surface area contributed by atoms with Crippen LogP contribution in [0, 0.1) is 5.92 Å². The second-order valence-corrected chi connectivity index (χ2v) is 10.5. The summed E-state index contributed by atoms with van der Waals surface area (Å²) in [5.41, 5.74) is 2.40. The van der Waals surface area contributed by atoms with Gasteiger partial charge in [0.05, 0.1) is 4.90 Å². The van der Waals surface area contributed by atoms with E-state index in [2.05, 4.69) is 10.0 Å². The minimum absolute atomic E-state index is 0.0770. The van der Waals surface area contributed by atoms with Gasteiger partial charge in [-0.2, -0.15) is 4.72 Å². The van der Waals surface area contributed by atoms with Crippen molar-refractivity contribution in [3.05, 3.63) is 58.6 Å². The normalized spacial score (nSPS) is 14.3. The van der Waals surface area contributed by atoms with Crippen LogP contribution in [0.4, 0.5) is 5.69 Å². The highest BCUT2D eigenvalue weighted by molar-refractivity contribution is 7.89. The highest BCUT2D eigenvalue weighted by Crippen LogP contribution is 2.30. The Morgan fingerprint density at radius 2 is 1.81 bits per heavy atom. The zero-order chi connectivity index (χ0) is 23.5. The largest absolute Gasteiger partial charge is 0.351 e. The Balaban J connectivity index is 1.74. The maximum absolute atomic E-state index is 13.1. The first kappa shape index (κ1) is 24.2. The molecule has 9 heteroatoms. The number of amides is 2. The Bertz CT molecular complexity index is 1100. The first-order chi connectivity index (χ1) is 15.1. The zero-order valence-corrected chi connectivity index (χ0v) is 20.0. The van der Waals surface area contributed by atoms with Crippen LogP contribution in [0.25, 0.3) is 0 Å². The molecule has 2 aromatic carbocycles. The van der Waals surface area contributed by atoms with E-state index in [1.807, 2.05) is 13.8 Å². The van der Waals surface area contributed by atoms with Crippen LogP contribution >= 0.6 is 11.6 Å². The van der Waals surface area contributed by atoms with E-state index in [1.54, 1.807) is 41.3 Å². The Labute approximate surface area is 194 Å². The lowest BCUT2D eigenvalue weighted by Crippen LogP contribution is -2.47. The fourth-order valence-corrected chi connectivity index (χ4v) is 5.11. The van der Waals surface area contributed by atoms with Gasteiger partial charge in [0.25, 0.3) is 0 Å². The molecule has 1 aliphatic heterocycles. The lowest BCUT2D eigenvalue weighted by Gasteiger charge is -2.21. The van der Waals surface area contributed by atoms with E-state index in [4.69, 9.17) is 11.6 Å². The van der Waals surface area contributed by atoms with Gasteiger partial charge in [-0.05, 0) is 60.2 Å². The molecule has 0 spiro atoms. The molecule has 1 heterocycles. The summed E-state index contributed by atoms with van der Waals surface area (Å²) in [6.45, 7) is 6.15. The van der Waals surface area contributed by atoms with E-state index < -0.39 is 16.1 Å². The van der Waals surface area contributed by atoms with Crippen LogP contribution in [0.2, 0.25) is 5.02 Å². The van der Waals surface area contributed by atoms with E-state index in [0.29, 0.717) is 24.4 Å². The highest BCUT2D eigenvalue weighted by atomic mass is 35.5. The fourth-order valence-electron chi connectivity index (χ4n) is 3.72. The summed E-state index contributed by atoms with van der Waals surface area (Å²) >= 11 is 5.89. The monoisotopic (exact) mass is 477 g/mol. The third-order valence-corrected chi connectivity index (χ3v) is 7.06. The van der Waals surface area contributed by atoms with Crippen molar-refractivity contribution in [2.45, 2.75) is 51.1 Å². The number of rotatable bonds is 8.